The van der Waals surface area contributed by atoms with Crippen LogP contribution in [0.4, 0.5) is 28.8 Å². The Morgan fingerprint density at radius 1 is 1.00 bits per heavy atom. The van der Waals surface area contributed by atoms with Crippen molar-refractivity contribution in [1.82, 2.24) is 9.97 Å². The average molecular weight is 392 g/mol. The molecule has 1 aromatic heterocycles. The van der Waals surface area contributed by atoms with Gasteiger partial charge in [0.05, 0.1) is 7.11 Å². The van der Waals surface area contributed by atoms with Crippen molar-refractivity contribution in [2.24, 2.45) is 5.73 Å². The number of hydrogen-bond donors (Lipinski definition) is 4. The molecule has 0 saturated heterocycles. The van der Waals surface area contributed by atoms with E-state index in [2.05, 4.69) is 25.9 Å². The van der Waals surface area contributed by atoms with Crippen LogP contribution in [-0.2, 0) is 4.79 Å². The summed E-state index contributed by atoms with van der Waals surface area (Å²) in [6, 6.07) is 14.2. The number of carbonyl (C=O) groups excluding carboxylic acids is 2. The number of rotatable bonds is 7. The van der Waals surface area contributed by atoms with Crippen molar-refractivity contribution in [1.29, 1.82) is 0 Å². The van der Waals surface area contributed by atoms with E-state index >= 15 is 0 Å². The summed E-state index contributed by atoms with van der Waals surface area (Å²) in [4.78, 5) is 31.4. The van der Waals surface area contributed by atoms with E-state index in [1.165, 1.54) is 13.1 Å². The molecule has 0 unspecified atom stereocenters. The Labute approximate surface area is 167 Å². The van der Waals surface area contributed by atoms with Crippen molar-refractivity contribution in [2.45, 2.75) is 6.92 Å². The maximum atomic E-state index is 11.8. The van der Waals surface area contributed by atoms with Crippen molar-refractivity contribution < 1.29 is 14.3 Å². The zero-order valence-corrected chi connectivity index (χ0v) is 15.9. The van der Waals surface area contributed by atoms with E-state index in [4.69, 9.17) is 10.5 Å². The van der Waals surface area contributed by atoms with E-state index in [-0.39, 0.29) is 23.2 Å². The first-order chi connectivity index (χ1) is 13.9. The van der Waals surface area contributed by atoms with E-state index in [9.17, 15) is 9.59 Å². The minimum absolute atomic E-state index is 0.149. The normalized spacial score (nSPS) is 10.1. The molecule has 0 bridgehead atoms. The van der Waals surface area contributed by atoms with E-state index < -0.39 is 5.91 Å². The molecule has 0 aliphatic heterocycles. The summed E-state index contributed by atoms with van der Waals surface area (Å²) < 4.78 is 5.20. The van der Waals surface area contributed by atoms with Gasteiger partial charge in [-0.15, -0.1) is 0 Å². The summed E-state index contributed by atoms with van der Waals surface area (Å²) in [5, 5.41) is 8.81. The molecule has 0 spiro atoms. The third-order valence-electron chi connectivity index (χ3n) is 3.85. The van der Waals surface area contributed by atoms with E-state index in [0.717, 1.165) is 0 Å². The highest BCUT2D eigenvalue weighted by Gasteiger charge is 2.13. The molecule has 5 N–H and O–H groups in total. The van der Waals surface area contributed by atoms with E-state index in [1.54, 1.807) is 43.5 Å². The number of hydrogen-bond acceptors (Lipinski definition) is 7. The number of nitrogens with zero attached hydrogens (tertiary/aromatic N) is 2. The minimum atomic E-state index is -0.651. The smallest absolute Gasteiger partial charge is 0.254 e. The molecule has 0 atom stereocenters. The van der Waals surface area contributed by atoms with Gasteiger partial charge in [-0.05, 0) is 36.4 Å². The Balaban J connectivity index is 1.84. The topological polar surface area (TPSA) is 131 Å². The second-order valence-electron chi connectivity index (χ2n) is 6.06. The Morgan fingerprint density at radius 3 is 2.38 bits per heavy atom. The van der Waals surface area contributed by atoms with Crippen LogP contribution >= 0.6 is 0 Å². The van der Waals surface area contributed by atoms with Gasteiger partial charge in [0.2, 0.25) is 11.9 Å². The van der Waals surface area contributed by atoms with Gasteiger partial charge in [-0.1, -0.05) is 6.07 Å². The van der Waals surface area contributed by atoms with E-state index in [1.807, 2.05) is 12.1 Å². The van der Waals surface area contributed by atoms with Crippen LogP contribution in [0.1, 0.15) is 17.3 Å². The molecule has 9 nitrogen and oxygen atoms in total. The maximum absolute atomic E-state index is 11.8. The lowest BCUT2D eigenvalue weighted by Gasteiger charge is -2.12. The van der Waals surface area contributed by atoms with Crippen LogP contribution in [0.25, 0.3) is 0 Å². The van der Waals surface area contributed by atoms with Crippen molar-refractivity contribution in [3.8, 4) is 5.75 Å². The van der Waals surface area contributed by atoms with Gasteiger partial charge in [-0.25, -0.2) is 4.98 Å². The van der Waals surface area contributed by atoms with Crippen LogP contribution in [0, 0.1) is 0 Å². The Morgan fingerprint density at radius 2 is 1.72 bits per heavy atom. The Bertz CT molecular complexity index is 1040. The highest BCUT2D eigenvalue weighted by Crippen LogP contribution is 2.24. The van der Waals surface area contributed by atoms with Gasteiger partial charge in [0.15, 0.2) is 0 Å². The number of carbonyl (C=O) groups is 2. The molecule has 9 heteroatoms. The van der Waals surface area contributed by atoms with Crippen molar-refractivity contribution in [3.05, 3.63) is 60.3 Å². The third-order valence-corrected chi connectivity index (χ3v) is 3.85. The molecule has 148 valence electrons. The Kier molecular flexibility index (Phi) is 5.88. The molecular weight excluding hydrogens is 372 g/mol. The molecule has 0 radical (unpaired) electrons. The summed E-state index contributed by atoms with van der Waals surface area (Å²) in [7, 11) is 1.57. The molecule has 0 aliphatic rings. The zero-order valence-electron chi connectivity index (χ0n) is 15.9. The quantitative estimate of drug-likeness (QED) is 0.486. The zero-order chi connectivity index (χ0) is 20.8. The fourth-order valence-electron chi connectivity index (χ4n) is 2.52. The average Bonchev–Trinajstić information content (AvgIpc) is 2.69. The number of nitrogens with two attached hydrogens (primary N) is 1. The van der Waals surface area contributed by atoms with Crippen molar-refractivity contribution in [3.63, 3.8) is 0 Å². The molecule has 0 fully saturated rings. The number of primary amides is 1. The molecule has 2 aromatic carbocycles. The first-order valence-corrected chi connectivity index (χ1v) is 8.67. The SMILES string of the molecule is COc1cccc(Nc2nc(Nc3ccc(NC(C)=O)cc3)ncc2C(N)=O)c1. The van der Waals surface area contributed by atoms with Gasteiger partial charge in [0, 0.05) is 36.2 Å². The summed E-state index contributed by atoms with van der Waals surface area (Å²) >= 11 is 0. The number of anilines is 5. The lowest BCUT2D eigenvalue weighted by atomic mass is 10.2. The fraction of sp³-hybridized carbons (Fsp3) is 0.100. The molecule has 3 aromatic rings. The summed E-state index contributed by atoms with van der Waals surface area (Å²) in [5.74, 6) is 0.388. The lowest BCUT2D eigenvalue weighted by molar-refractivity contribution is -0.114. The first-order valence-electron chi connectivity index (χ1n) is 8.67. The monoisotopic (exact) mass is 392 g/mol. The van der Waals surface area contributed by atoms with Gasteiger partial charge in [0.1, 0.15) is 17.1 Å². The highest BCUT2D eigenvalue weighted by atomic mass is 16.5. The molecular formula is C20H20N6O3. The van der Waals surface area contributed by atoms with Crippen LogP contribution in [0.3, 0.4) is 0 Å². The largest absolute Gasteiger partial charge is 0.497 e. The number of amides is 2. The predicted octanol–water partition coefficient (Wildman–Crippen LogP) is 3.03. The summed E-state index contributed by atoms with van der Waals surface area (Å²) in [6.07, 6.45) is 1.35. The minimum Gasteiger partial charge on any atom is -0.497 e. The second kappa shape index (κ2) is 8.70. The third kappa shape index (κ3) is 5.19. The molecule has 29 heavy (non-hydrogen) atoms. The van der Waals surface area contributed by atoms with Gasteiger partial charge in [-0.3, -0.25) is 9.59 Å². The van der Waals surface area contributed by atoms with Crippen LogP contribution < -0.4 is 26.4 Å². The number of nitrogens with one attached hydrogen (secondary N) is 3. The van der Waals surface area contributed by atoms with Crippen LogP contribution in [0.5, 0.6) is 5.75 Å². The molecule has 2 amide bonds. The van der Waals surface area contributed by atoms with Gasteiger partial charge >= 0.3 is 0 Å². The van der Waals surface area contributed by atoms with Gasteiger partial charge in [-0.2, -0.15) is 4.98 Å². The molecule has 0 saturated carbocycles. The number of ether oxygens (including phenoxy) is 1. The van der Waals surface area contributed by atoms with Crippen molar-refractivity contribution in [2.75, 3.05) is 23.1 Å². The van der Waals surface area contributed by atoms with Crippen molar-refractivity contribution >= 4 is 40.6 Å². The second-order valence-corrected chi connectivity index (χ2v) is 6.06. The first kappa shape index (κ1) is 19.6. The standard InChI is InChI=1S/C20H20N6O3/c1-12(27)23-13-6-8-14(9-7-13)25-20-22-11-17(18(21)28)19(26-20)24-15-4-3-5-16(10-15)29-2/h3-11H,1-2H3,(H2,21,28)(H,23,27)(H2,22,24,25,26). The van der Waals surface area contributed by atoms with Gasteiger partial charge in [0.25, 0.3) is 5.91 Å². The Hall–Kier alpha value is -4.14. The predicted molar refractivity (Wildman–Crippen MR) is 111 cm³/mol. The highest BCUT2D eigenvalue weighted by molar-refractivity contribution is 5.98. The molecule has 1 heterocycles. The van der Waals surface area contributed by atoms with Crippen LogP contribution in [-0.4, -0.2) is 28.9 Å². The molecule has 0 aliphatic carbocycles. The summed E-state index contributed by atoms with van der Waals surface area (Å²) in [6.45, 7) is 1.44. The maximum Gasteiger partial charge on any atom is 0.254 e. The number of benzene rings is 2. The number of aromatic nitrogens is 2. The molecule has 3 rings (SSSR count). The lowest BCUT2D eigenvalue weighted by Crippen LogP contribution is -2.15. The summed E-state index contributed by atoms with van der Waals surface area (Å²) in [5.41, 5.74) is 7.66. The van der Waals surface area contributed by atoms with Crippen LogP contribution in [0.15, 0.2) is 54.7 Å². The van der Waals surface area contributed by atoms with E-state index in [0.29, 0.717) is 22.8 Å². The number of methoxy groups -OCH3 is 1. The van der Waals surface area contributed by atoms with Gasteiger partial charge < -0.3 is 26.4 Å². The van der Waals surface area contributed by atoms with Crippen LogP contribution in [0.2, 0.25) is 0 Å². The fourth-order valence-corrected chi connectivity index (χ4v) is 2.52.